The summed E-state index contributed by atoms with van der Waals surface area (Å²) in [4.78, 5) is 46.2. The maximum Gasteiger partial charge on any atom is 0.271 e. The lowest BCUT2D eigenvalue weighted by Crippen LogP contribution is -2.42. The van der Waals surface area contributed by atoms with Crippen LogP contribution >= 0.6 is 23.1 Å². The van der Waals surface area contributed by atoms with Gasteiger partial charge in [0, 0.05) is 17.2 Å². The Labute approximate surface area is 173 Å². The number of amides is 3. The summed E-state index contributed by atoms with van der Waals surface area (Å²) >= 11 is 2.34. The number of carbonyl (C=O) groups is 3. The molecule has 0 bridgehead atoms. The first-order valence-corrected chi connectivity index (χ1v) is 10.2. The Kier molecular flexibility index (Phi) is 6.61. The normalized spacial score (nSPS) is 20.0. The van der Waals surface area contributed by atoms with E-state index in [0.717, 1.165) is 22.5 Å². The Morgan fingerprint density at radius 2 is 2.34 bits per heavy atom. The largest absolute Gasteiger partial charge is 0.499 e. The van der Waals surface area contributed by atoms with Crippen LogP contribution in [0.3, 0.4) is 0 Å². The fraction of sp³-hybridized carbons (Fsp3) is 0.375. The zero-order chi connectivity index (χ0) is 21.0. The highest BCUT2D eigenvalue weighted by Gasteiger charge is 2.37. The molecule has 29 heavy (non-hydrogen) atoms. The summed E-state index contributed by atoms with van der Waals surface area (Å²) in [7, 11) is 1.42. The number of ether oxygens (including phenoxy) is 1. The molecule has 0 spiro atoms. The van der Waals surface area contributed by atoms with Crippen LogP contribution in [0.5, 0.6) is 0 Å². The van der Waals surface area contributed by atoms with E-state index >= 15 is 0 Å². The number of aliphatic imine (C=N–C) groups is 1. The molecule has 2 atom stereocenters. The molecule has 2 aliphatic rings. The van der Waals surface area contributed by atoms with Crippen molar-refractivity contribution < 1.29 is 29.4 Å². The van der Waals surface area contributed by atoms with E-state index in [2.05, 4.69) is 20.4 Å². The minimum absolute atomic E-state index is 0.0592. The molecular formula is C16H17N5O6S2. The molecule has 2 unspecified atom stereocenters. The van der Waals surface area contributed by atoms with Gasteiger partial charge >= 0.3 is 0 Å². The summed E-state index contributed by atoms with van der Waals surface area (Å²) in [6, 6.07) is -1.61. The number of aromatic nitrogens is 1. The number of thioether (sulfide) groups is 1. The fourth-order valence-electron chi connectivity index (χ4n) is 2.61. The van der Waals surface area contributed by atoms with Gasteiger partial charge in [0.2, 0.25) is 0 Å². The van der Waals surface area contributed by atoms with Crippen LogP contribution in [0.2, 0.25) is 0 Å². The number of imide groups is 1. The lowest BCUT2D eigenvalue weighted by Gasteiger charge is -2.17. The number of rotatable bonds is 7. The van der Waals surface area contributed by atoms with Crippen LogP contribution < -0.4 is 5.32 Å². The number of aliphatic hydroxyl groups is 1. The standard InChI is InChI=1S/C16H17N5O6S2/c1-27-8-2-13(23)21(4-8)16(25)11-7-29-15(20-11)9(5-22)19-14(24)10-6-28-12(18-10)3-17-26/h2-3,6,9,11,22,26H,4-5,7H2,1H3,(H,19,24)/b17-3+. The molecule has 0 radical (unpaired) electrons. The second-order valence-electron chi connectivity index (χ2n) is 5.90. The smallest absolute Gasteiger partial charge is 0.271 e. The van der Waals surface area contributed by atoms with Gasteiger partial charge in [-0.2, -0.15) is 0 Å². The quantitative estimate of drug-likeness (QED) is 0.221. The minimum atomic E-state index is -0.816. The molecule has 11 nitrogen and oxygen atoms in total. The molecule has 1 aromatic heterocycles. The molecule has 154 valence electrons. The molecule has 1 aromatic rings. The van der Waals surface area contributed by atoms with Crippen molar-refractivity contribution in [2.75, 3.05) is 26.0 Å². The molecule has 0 aromatic carbocycles. The number of thiazole rings is 1. The van der Waals surface area contributed by atoms with Crippen LogP contribution in [0.1, 0.15) is 15.5 Å². The molecule has 3 N–H and O–H groups in total. The molecule has 0 saturated carbocycles. The topological polar surface area (TPSA) is 154 Å². The number of methoxy groups -OCH3 is 1. The van der Waals surface area contributed by atoms with Gasteiger partial charge in [0.1, 0.15) is 34.8 Å². The number of nitrogens with one attached hydrogen (secondary N) is 1. The van der Waals surface area contributed by atoms with Crippen molar-refractivity contribution in [3.8, 4) is 0 Å². The third kappa shape index (κ3) is 4.63. The second-order valence-corrected chi connectivity index (χ2v) is 7.83. The monoisotopic (exact) mass is 439 g/mol. The van der Waals surface area contributed by atoms with Crippen molar-refractivity contribution in [2.45, 2.75) is 12.1 Å². The molecule has 0 fully saturated rings. The Bertz CT molecular complexity index is 911. The van der Waals surface area contributed by atoms with E-state index in [0.29, 0.717) is 21.6 Å². The summed E-state index contributed by atoms with van der Waals surface area (Å²) in [5, 5.41) is 25.8. The van der Waals surface area contributed by atoms with Crippen LogP contribution in [0.15, 0.2) is 27.4 Å². The molecule has 3 heterocycles. The molecule has 3 rings (SSSR count). The van der Waals surface area contributed by atoms with Crippen LogP contribution in [0.25, 0.3) is 0 Å². The summed E-state index contributed by atoms with van der Waals surface area (Å²) < 4.78 is 5.00. The van der Waals surface area contributed by atoms with Gasteiger partial charge in [-0.25, -0.2) is 4.98 Å². The zero-order valence-corrected chi connectivity index (χ0v) is 16.8. The first kappa shape index (κ1) is 21.0. The van der Waals surface area contributed by atoms with Crippen molar-refractivity contribution in [1.82, 2.24) is 15.2 Å². The van der Waals surface area contributed by atoms with Gasteiger partial charge in [-0.3, -0.25) is 24.3 Å². The Balaban J connectivity index is 1.65. The van der Waals surface area contributed by atoms with Crippen LogP contribution in [0, 0.1) is 0 Å². The summed E-state index contributed by atoms with van der Waals surface area (Å²) in [5.74, 6) is -0.776. The molecule has 0 aliphatic carbocycles. The number of hydrogen-bond donors (Lipinski definition) is 3. The average molecular weight is 439 g/mol. The van der Waals surface area contributed by atoms with Gasteiger partial charge in [0.05, 0.1) is 25.3 Å². The van der Waals surface area contributed by atoms with Crippen LogP contribution in [-0.2, 0) is 14.3 Å². The van der Waals surface area contributed by atoms with Gasteiger partial charge in [0.25, 0.3) is 17.7 Å². The molecule has 13 heteroatoms. The third-order valence-corrected chi connectivity index (χ3v) is 6.01. The van der Waals surface area contributed by atoms with Crippen molar-refractivity contribution in [3.05, 3.63) is 27.9 Å². The highest BCUT2D eigenvalue weighted by Crippen LogP contribution is 2.24. The Morgan fingerprint density at radius 3 is 3.00 bits per heavy atom. The SMILES string of the molecule is COC1=CC(=O)N(C(=O)C2CSC(C(CO)NC(=O)c3csc(/C=N/O)n3)=N2)C1. The Hall–Kier alpha value is -2.77. The lowest BCUT2D eigenvalue weighted by molar-refractivity contribution is -0.141. The van der Waals surface area contributed by atoms with E-state index in [-0.39, 0.29) is 12.2 Å². The zero-order valence-electron chi connectivity index (χ0n) is 15.1. The van der Waals surface area contributed by atoms with Crippen LogP contribution in [-0.4, -0.2) is 87.3 Å². The highest BCUT2D eigenvalue weighted by molar-refractivity contribution is 8.14. The molecular weight excluding hydrogens is 422 g/mol. The maximum atomic E-state index is 12.6. The van der Waals surface area contributed by atoms with Crippen molar-refractivity contribution in [1.29, 1.82) is 0 Å². The van der Waals surface area contributed by atoms with Gasteiger partial charge < -0.3 is 20.4 Å². The van der Waals surface area contributed by atoms with Crippen molar-refractivity contribution >= 4 is 52.1 Å². The van der Waals surface area contributed by atoms with E-state index < -0.39 is 36.4 Å². The highest BCUT2D eigenvalue weighted by atomic mass is 32.2. The lowest BCUT2D eigenvalue weighted by atomic mass is 10.2. The third-order valence-electron chi connectivity index (χ3n) is 4.06. The van der Waals surface area contributed by atoms with E-state index in [1.165, 1.54) is 30.3 Å². The van der Waals surface area contributed by atoms with Gasteiger partial charge in [0.15, 0.2) is 0 Å². The van der Waals surface area contributed by atoms with Crippen molar-refractivity contribution in [3.63, 3.8) is 0 Å². The van der Waals surface area contributed by atoms with Gasteiger partial charge in [-0.15, -0.1) is 23.1 Å². The molecule has 3 amide bonds. The van der Waals surface area contributed by atoms with E-state index in [4.69, 9.17) is 9.94 Å². The van der Waals surface area contributed by atoms with Crippen molar-refractivity contribution in [2.24, 2.45) is 10.1 Å². The minimum Gasteiger partial charge on any atom is -0.499 e. The van der Waals surface area contributed by atoms with Gasteiger partial charge in [-0.1, -0.05) is 5.16 Å². The Morgan fingerprint density at radius 1 is 1.55 bits per heavy atom. The first-order valence-electron chi connectivity index (χ1n) is 8.32. The fourth-order valence-corrected chi connectivity index (χ4v) is 4.35. The predicted molar refractivity (Wildman–Crippen MR) is 105 cm³/mol. The van der Waals surface area contributed by atoms with E-state index in [9.17, 15) is 19.5 Å². The summed E-state index contributed by atoms with van der Waals surface area (Å²) in [6.07, 6.45) is 2.35. The van der Waals surface area contributed by atoms with Gasteiger partial charge in [-0.05, 0) is 0 Å². The van der Waals surface area contributed by atoms with E-state index in [1.54, 1.807) is 0 Å². The second kappa shape index (κ2) is 9.15. The average Bonchev–Trinajstić information content (AvgIpc) is 3.45. The number of hydrogen-bond acceptors (Lipinski definition) is 11. The molecule has 0 saturated heterocycles. The summed E-state index contributed by atoms with van der Waals surface area (Å²) in [5.41, 5.74) is 0.0976. The summed E-state index contributed by atoms with van der Waals surface area (Å²) in [6.45, 7) is -0.366. The predicted octanol–water partition coefficient (Wildman–Crippen LogP) is -0.545. The number of carbonyl (C=O) groups excluding carboxylic acids is 3. The number of oxime groups is 1. The maximum absolute atomic E-state index is 12.6. The van der Waals surface area contributed by atoms with Crippen LogP contribution in [0.4, 0.5) is 0 Å². The first-order chi connectivity index (χ1) is 14.0. The van der Waals surface area contributed by atoms with E-state index in [1.807, 2.05) is 0 Å². The number of aliphatic hydroxyl groups excluding tert-OH is 1. The molecule has 2 aliphatic heterocycles. The number of nitrogens with zero attached hydrogens (tertiary/aromatic N) is 4.